The normalized spacial score (nSPS) is 17.9. The molecule has 0 radical (unpaired) electrons. The van der Waals surface area contributed by atoms with E-state index in [4.69, 9.17) is 4.74 Å². The van der Waals surface area contributed by atoms with Crippen LogP contribution in [-0.2, 0) is 14.8 Å². The molecule has 1 atom stereocenters. The molecule has 18 heavy (non-hydrogen) atoms. The maximum absolute atomic E-state index is 11.7. The van der Waals surface area contributed by atoms with Crippen LogP contribution in [0, 0.1) is 0 Å². The lowest BCUT2D eigenvalue weighted by Gasteiger charge is -2.13. The summed E-state index contributed by atoms with van der Waals surface area (Å²) in [6.07, 6.45) is 4.16. The zero-order chi connectivity index (χ0) is 13.4. The van der Waals surface area contributed by atoms with Crippen molar-refractivity contribution in [2.24, 2.45) is 0 Å². The molecule has 0 aromatic heterocycles. The molecule has 0 spiro atoms. The van der Waals surface area contributed by atoms with Crippen LogP contribution in [0.2, 0.25) is 0 Å². The van der Waals surface area contributed by atoms with Gasteiger partial charge in [-0.1, -0.05) is 0 Å². The second-order valence-electron chi connectivity index (χ2n) is 4.93. The molecular weight excluding hydrogens is 252 g/mol. The lowest BCUT2D eigenvalue weighted by Crippen LogP contribution is -2.37. The SMILES string of the molecule is CCOCC(C)NS(=O)(=O)CCCCNC1CC1. The molecule has 1 fully saturated rings. The molecule has 1 aliphatic carbocycles. The van der Waals surface area contributed by atoms with Gasteiger partial charge in [0.05, 0.1) is 12.4 Å². The lowest BCUT2D eigenvalue weighted by molar-refractivity contribution is 0.133. The van der Waals surface area contributed by atoms with Crippen LogP contribution in [0.1, 0.15) is 39.5 Å². The summed E-state index contributed by atoms with van der Waals surface area (Å²) in [6, 6.07) is 0.547. The fourth-order valence-electron chi connectivity index (χ4n) is 1.70. The number of ether oxygens (including phenoxy) is 1. The van der Waals surface area contributed by atoms with Crippen molar-refractivity contribution in [3.8, 4) is 0 Å². The summed E-state index contributed by atoms with van der Waals surface area (Å²) in [4.78, 5) is 0. The van der Waals surface area contributed by atoms with Gasteiger partial charge in [-0.15, -0.1) is 0 Å². The minimum Gasteiger partial charge on any atom is -0.380 e. The van der Waals surface area contributed by atoms with Crippen LogP contribution >= 0.6 is 0 Å². The molecule has 0 saturated heterocycles. The molecule has 0 amide bonds. The molecule has 0 heterocycles. The van der Waals surface area contributed by atoms with E-state index in [1.165, 1.54) is 12.8 Å². The first-order valence-electron chi connectivity index (χ1n) is 6.84. The Morgan fingerprint density at radius 3 is 2.67 bits per heavy atom. The number of hydrogen-bond acceptors (Lipinski definition) is 4. The Balaban J connectivity index is 2.05. The molecule has 0 bridgehead atoms. The van der Waals surface area contributed by atoms with Crippen molar-refractivity contribution in [1.82, 2.24) is 10.0 Å². The highest BCUT2D eigenvalue weighted by molar-refractivity contribution is 7.89. The average Bonchev–Trinajstić information content (AvgIpc) is 3.09. The quantitative estimate of drug-likeness (QED) is 0.550. The third-order valence-corrected chi connectivity index (χ3v) is 4.39. The van der Waals surface area contributed by atoms with Crippen LogP contribution in [0.25, 0.3) is 0 Å². The van der Waals surface area contributed by atoms with Gasteiger partial charge in [0.15, 0.2) is 0 Å². The first-order chi connectivity index (χ1) is 8.53. The Morgan fingerprint density at radius 2 is 2.06 bits per heavy atom. The second kappa shape index (κ2) is 8.09. The number of hydrogen-bond donors (Lipinski definition) is 2. The maximum atomic E-state index is 11.7. The molecular formula is C12H26N2O3S. The van der Waals surface area contributed by atoms with Gasteiger partial charge in [-0.05, 0) is 46.1 Å². The maximum Gasteiger partial charge on any atom is 0.211 e. The van der Waals surface area contributed by atoms with E-state index in [1.807, 2.05) is 13.8 Å². The molecule has 6 heteroatoms. The van der Waals surface area contributed by atoms with E-state index in [9.17, 15) is 8.42 Å². The van der Waals surface area contributed by atoms with Gasteiger partial charge in [0.2, 0.25) is 10.0 Å². The van der Waals surface area contributed by atoms with E-state index in [-0.39, 0.29) is 11.8 Å². The molecule has 0 aromatic carbocycles. The van der Waals surface area contributed by atoms with Crippen molar-refractivity contribution >= 4 is 10.0 Å². The third kappa shape index (κ3) is 8.02. The Hall–Kier alpha value is -0.170. The summed E-state index contributed by atoms with van der Waals surface area (Å²) < 4.78 is 31.3. The van der Waals surface area contributed by atoms with Crippen molar-refractivity contribution in [3.05, 3.63) is 0 Å². The molecule has 1 saturated carbocycles. The van der Waals surface area contributed by atoms with Gasteiger partial charge in [0.25, 0.3) is 0 Å². The van der Waals surface area contributed by atoms with Crippen LogP contribution in [0.15, 0.2) is 0 Å². The van der Waals surface area contributed by atoms with Crippen LogP contribution < -0.4 is 10.0 Å². The fraction of sp³-hybridized carbons (Fsp3) is 1.00. The summed E-state index contributed by atoms with van der Waals surface area (Å²) in [5.74, 6) is 0.204. The van der Waals surface area contributed by atoms with Crippen LogP contribution in [0.5, 0.6) is 0 Å². The highest BCUT2D eigenvalue weighted by Gasteiger charge is 2.19. The van der Waals surface area contributed by atoms with E-state index < -0.39 is 10.0 Å². The van der Waals surface area contributed by atoms with Gasteiger partial charge in [-0.2, -0.15) is 0 Å². The van der Waals surface area contributed by atoms with E-state index in [0.29, 0.717) is 25.7 Å². The average molecular weight is 278 g/mol. The number of unbranched alkanes of at least 4 members (excludes halogenated alkanes) is 1. The molecule has 108 valence electrons. The van der Waals surface area contributed by atoms with Gasteiger partial charge in [0, 0.05) is 18.7 Å². The lowest BCUT2D eigenvalue weighted by atomic mass is 10.3. The van der Waals surface area contributed by atoms with Crippen molar-refractivity contribution < 1.29 is 13.2 Å². The molecule has 2 N–H and O–H groups in total. The Kier molecular flexibility index (Phi) is 7.14. The predicted octanol–water partition coefficient (Wildman–Crippen LogP) is 0.863. The van der Waals surface area contributed by atoms with Crippen molar-refractivity contribution in [1.29, 1.82) is 0 Å². The summed E-state index contributed by atoms with van der Waals surface area (Å²) in [6.45, 7) is 5.68. The standard InChI is InChI=1S/C12H26N2O3S/c1-3-17-10-11(2)14-18(15,16)9-5-4-8-13-12-6-7-12/h11-14H,3-10H2,1-2H3. The summed E-state index contributed by atoms with van der Waals surface area (Å²) in [5.41, 5.74) is 0. The molecule has 1 rings (SSSR count). The van der Waals surface area contributed by atoms with Gasteiger partial charge in [-0.25, -0.2) is 13.1 Å². The monoisotopic (exact) mass is 278 g/mol. The smallest absolute Gasteiger partial charge is 0.211 e. The number of sulfonamides is 1. The van der Waals surface area contributed by atoms with E-state index in [0.717, 1.165) is 13.0 Å². The Morgan fingerprint density at radius 1 is 1.33 bits per heavy atom. The van der Waals surface area contributed by atoms with Crippen molar-refractivity contribution in [2.75, 3.05) is 25.5 Å². The first kappa shape index (κ1) is 15.9. The predicted molar refractivity (Wildman–Crippen MR) is 73.1 cm³/mol. The van der Waals surface area contributed by atoms with Crippen LogP contribution in [0.3, 0.4) is 0 Å². The van der Waals surface area contributed by atoms with Crippen molar-refractivity contribution in [2.45, 2.75) is 51.6 Å². The molecule has 0 aliphatic heterocycles. The van der Waals surface area contributed by atoms with Gasteiger partial charge in [0.1, 0.15) is 0 Å². The molecule has 5 nitrogen and oxygen atoms in total. The minimum atomic E-state index is -3.15. The zero-order valence-corrected chi connectivity index (χ0v) is 12.3. The molecule has 1 aliphatic rings. The third-order valence-electron chi connectivity index (χ3n) is 2.80. The Labute approximate surface area is 111 Å². The summed E-state index contributed by atoms with van der Waals surface area (Å²) >= 11 is 0. The fourth-order valence-corrected chi connectivity index (χ4v) is 3.09. The molecule has 1 unspecified atom stereocenters. The van der Waals surface area contributed by atoms with E-state index >= 15 is 0 Å². The zero-order valence-electron chi connectivity index (χ0n) is 11.4. The number of nitrogens with one attached hydrogen (secondary N) is 2. The first-order valence-corrected chi connectivity index (χ1v) is 8.50. The highest BCUT2D eigenvalue weighted by Crippen LogP contribution is 2.18. The largest absolute Gasteiger partial charge is 0.380 e. The summed E-state index contributed by atoms with van der Waals surface area (Å²) in [5, 5.41) is 3.38. The van der Waals surface area contributed by atoms with Gasteiger partial charge in [-0.3, -0.25) is 0 Å². The molecule has 0 aromatic rings. The minimum absolute atomic E-state index is 0.153. The number of rotatable bonds is 11. The second-order valence-corrected chi connectivity index (χ2v) is 6.81. The highest BCUT2D eigenvalue weighted by atomic mass is 32.2. The van der Waals surface area contributed by atoms with E-state index in [2.05, 4.69) is 10.0 Å². The van der Waals surface area contributed by atoms with Crippen LogP contribution in [0.4, 0.5) is 0 Å². The summed E-state index contributed by atoms with van der Waals surface area (Å²) in [7, 11) is -3.15. The van der Waals surface area contributed by atoms with E-state index in [1.54, 1.807) is 0 Å². The topological polar surface area (TPSA) is 67.4 Å². The van der Waals surface area contributed by atoms with Gasteiger partial charge >= 0.3 is 0 Å². The van der Waals surface area contributed by atoms with Gasteiger partial charge < -0.3 is 10.1 Å². The van der Waals surface area contributed by atoms with Crippen LogP contribution in [-0.4, -0.2) is 46.0 Å². The van der Waals surface area contributed by atoms with Crippen molar-refractivity contribution in [3.63, 3.8) is 0 Å². The Bertz CT molecular complexity index is 315.